The molecule has 0 unspecified atom stereocenters. The Morgan fingerprint density at radius 2 is 0.850 bits per heavy atom. The highest BCUT2D eigenvalue weighted by molar-refractivity contribution is 5.94. The number of unbranched alkanes of at least 4 members (excludes halogenated alkanes) is 11. The minimum atomic E-state index is 0. The van der Waals surface area contributed by atoms with Gasteiger partial charge in [0.1, 0.15) is 13.1 Å². The zero-order valence-electron chi connectivity index (χ0n) is 24.8. The molecule has 2 heterocycles. The molecule has 40 heavy (non-hydrogen) atoms. The molecule has 2 amide bonds. The normalized spacial score (nSPS) is 10.3. The minimum Gasteiger partial charge on any atom is -1.00 e. The highest BCUT2D eigenvalue weighted by Crippen LogP contribution is 2.06. The van der Waals surface area contributed by atoms with E-state index >= 15 is 0 Å². The second kappa shape index (κ2) is 25.0. The van der Waals surface area contributed by atoms with Gasteiger partial charge >= 0.3 is 0 Å². The van der Waals surface area contributed by atoms with Gasteiger partial charge in [0.15, 0.2) is 24.8 Å². The number of carbonyl (C=O) groups is 2. The van der Waals surface area contributed by atoms with E-state index in [0.29, 0.717) is 0 Å². The lowest BCUT2D eigenvalue weighted by Crippen LogP contribution is -3.00. The zero-order valence-corrected chi connectivity index (χ0v) is 28.0. The van der Waals surface area contributed by atoms with Crippen LogP contribution in [0.25, 0.3) is 0 Å². The molecule has 0 saturated carbocycles. The predicted molar refractivity (Wildman–Crippen MR) is 154 cm³/mol. The molecule has 2 N–H and O–H groups in total. The monoisotopic (exact) mass is 682 g/mol. The number of amides is 2. The summed E-state index contributed by atoms with van der Waals surface area (Å²) >= 11 is 0. The molecule has 8 heteroatoms. The maximum Gasteiger partial charge on any atom is 0.251 e. The maximum absolute atomic E-state index is 12.2. The van der Waals surface area contributed by atoms with Crippen LogP contribution in [0.1, 0.15) is 124 Å². The number of hydrogen-bond acceptors (Lipinski definition) is 2. The van der Waals surface area contributed by atoms with Gasteiger partial charge in [-0.3, -0.25) is 9.59 Å². The van der Waals surface area contributed by atoms with E-state index in [2.05, 4.69) is 33.6 Å². The van der Waals surface area contributed by atoms with Crippen molar-refractivity contribution < 1.29 is 52.7 Å². The second-order valence-electron chi connectivity index (χ2n) is 10.4. The van der Waals surface area contributed by atoms with Crippen LogP contribution in [0.15, 0.2) is 49.1 Å². The summed E-state index contributed by atoms with van der Waals surface area (Å²) in [5.74, 6) is 0.0582. The van der Waals surface area contributed by atoms with Crippen molar-refractivity contribution in [2.24, 2.45) is 0 Å². The van der Waals surface area contributed by atoms with Gasteiger partial charge in [0.05, 0.1) is 11.1 Å². The van der Waals surface area contributed by atoms with Gasteiger partial charge < -0.3 is 44.6 Å². The highest BCUT2D eigenvalue weighted by atomic mass is 79.9. The number of aromatic nitrogens is 2. The summed E-state index contributed by atoms with van der Waals surface area (Å²) in [6.45, 7) is 7.90. The number of pyridine rings is 2. The van der Waals surface area contributed by atoms with Crippen molar-refractivity contribution >= 4 is 11.8 Å². The standard InChI is InChI=1S/C32H50N4O2.2BrH/c1-3-5-7-13-21-33-31(37)29-17-25-35(26-18-29)23-15-11-9-10-12-16-24-36-27-19-30(20-28-36)32(38)34-22-14-8-6-4-2;;/h17-20,25-28H,3-16,21-24H2,1-2H3;2*1H. The molecule has 0 spiro atoms. The summed E-state index contributed by atoms with van der Waals surface area (Å²) in [5.41, 5.74) is 1.48. The quantitative estimate of drug-likeness (QED) is 0.143. The van der Waals surface area contributed by atoms with E-state index in [4.69, 9.17) is 0 Å². The van der Waals surface area contributed by atoms with Crippen LogP contribution in [0.4, 0.5) is 0 Å². The van der Waals surface area contributed by atoms with Crippen LogP contribution in [0.5, 0.6) is 0 Å². The van der Waals surface area contributed by atoms with Crippen LogP contribution in [0.2, 0.25) is 0 Å². The third-order valence-electron chi connectivity index (χ3n) is 7.02. The Morgan fingerprint density at radius 1 is 0.525 bits per heavy atom. The first-order chi connectivity index (χ1) is 18.6. The van der Waals surface area contributed by atoms with E-state index in [9.17, 15) is 9.59 Å². The Balaban J connectivity index is 0.00000760. The number of carbonyl (C=O) groups excluding carboxylic acids is 2. The van der Waals surface area contributed by atoms with Crippen LogP contribution in [-0.2, 0) is 13.1 Å². The van der Waals surface area contributed by atoms with Crippen LogP contribution in [0, 0.1) is 0 Å². The van der Waals surface area contributed by atoms with E-state index < -0.39 is 0 Å². The van der Waals surface area contributed by atoms with Crippen molar-refractivity contribution in [3.63, 3.8) is 0 Å². The number of nitrogens with zero attached hydrogens (tertiary/aromatic N) is 2. The van der Waals surface area contributed by atoms with Crippen LogP contribution >= 0.6 is 0 Å². The smallest absolute Gasteiger partial charge is 0.251 e. The average Bonchev–Trinajstić information content (AvgIpc) is 2.94. The molecule has 0 aliphatic carbocycles. The van der Waals surface area contributed by atoms with Crippen molar-refractivity contribution in [3.8, 4) is 0 Å². The molecule has 2 aromatic heterocycles. The maximum atomic E-state index is 12.2. The molecule has 226 valence electrons. The van der Waals surface area contributed by atoms with Crippen molar-refractivity contribution in [3.05, 3.63) is 60.2 Å². The molecular formula is C32H52Br2N4O2. The molecule has 0 aromatic carbocycles. The van der Waals surface area contributed by atoms with Crippen molar-refractivity contribution in [1.82, 2.24) is 10.6 Å². The summed E-state index contributed by atoms with van der Waals surface area (Å²) in [6, 6.07) is 7.69. The fraction of sp³-hybridized carbons (Fsp3) is 0.625. The van der Waals surface area contributed by atoms with E-state index in [1.54, 1.807) is 0 Å². The zero-order chi connectivity index (χ0) is 27.3. The van der Waals surface area contributed by atoms with Gasteiger partial charge in [-0.05, 0) is 25.7 Å². The molecule has 0 aliphatic rings. The Kier molecular flexibility index (Phi) is 23.8. The van der Waals surface area contributed by atoms with Gasteiger partial charge in [-0.25, -0.2) is 9.13 Å². The lowest BCUT2D eigenvalue weighted by molar-refractivity contribution is -0.697. The molecule has 2 aromatic rings. The number of hydrogen-bond donors (Lipinski definition) is 2. The van der Waals surface area contributed by atoms with Crippen LogP contribution in [-0.4, -0.2) is 24.9 Å². The molecule has 0 radical (unpaired) electrons. The molecule has 2 rings (SSSR count). The van der Waals surface area contributed by atoms with Crippen molar-refractivity contribution in [1.29, 1.82) is 0 Å². The molecule has 0 fully saturated rings. The van der Waals surface area contributed by atoms with Crippen LogP contribution < -0.4 is 53.7 Å². The topological polar surface area (TPSA) is 66.0 Å². The molecule has 0 bridgehead atoms. The van der Waals surface area contributed by atoms with Crippen LogP contribution in [0.3, 0.4) is 0 Å². The summed E-state index contributed by atoms with van der Waals surface area (Å²) < 4.78 is 4.34. The van der Waals surface area contributed by atoms with Gasteiger partial charge in [-0.15, -0.1) is 0 Å². The molecule has 0 aliphatic heterocycles. The van der Waals surface area contributed by atoms with E-state index in [0.717, 1.165) is 63.0 Å². The Labute approximate surface area is 264 Å². The van der Waals surface area contributed by atoms with Gasteiger partial charge in [0.2, 0.25) is 0 Å². The Bertz CT molecular complexity index is 833. The van der Waals surface area contributed by atoms with E-state index in [1.165, 1.54) is 64.2 Å². The van der Waals surface area contributed by atoms with E-state index in [-0.39, 0.29) is 45.8 Å². The summed E-state index contributed by atoms with van der Waals surface area (Å²) in [4.78, 5) is 24.5. The summed E-state index contributed by atoms with van der Waals surface area (Å²) in [5, 5.41) is 6.03. The largest absolute Gasteiger partial charge is 1.00 e. The first-order valence-electron chi connectivity index (χ1n) is 15.2. The number of rotatable bonds is 21. The third kappa shape index (κ3) is 17.1. The third-order valence-corrected chi connectivity index (χ3v) is 7.02. The lowest BCUT2D eigenvalue weighted by Gasteiger charge is -2.05. The fourth-order valence-electron chi connectivity index (χ4n) is 4.52. The van der Waals surface area contributed by atoms with Gasteiger partial charge in [0, 0.05) is 50.2 Å². The van der Waals surface area contributed by atoms with Gasteiger partial charge in [0.25, 0.3) is 11.8 Å². The molecule has 6 nitrogen and oxygen atoms in total. The Morgan fingerprint density at radius 3 is 1.20 bits per heavy atom. The second-order valence-corrected chi connectivity index (χ2v) is 10.4. The first kappa shape index (κ1) is 38.2. The van der Waals surface area contributed by atoms with Gasteiger partial charge in [-0.2, -0.15) is 0 Å². The molecule has 0 atom stereocenters. The number of halogens is 2. The molecule has 0 saturated heterocycles. The lowest BCUT2D eigenvalue weighted by atomic mass is 10.1. The van der Waals surface area contributed by atoms with Crippen molar-refractivity contribution in [2.45, 2.75) is 117 Å². The minimum absolute atomic E-state index is 0. The average molecular weight is 685 g/mol. The Hall–Kier alpha value is -1.80. The first-order valence-corrected chi connectivity index (χ1v) is 15.2. The molecular weight excluding hydrogens is 632 g/mol. The van der Waals surface area contributed by atoms with E-state index in [1.807, 2.05) is 49.1 Å². The summed E-state index contributed by atoms with van der Waals surface area (Å²) in [6.07, 6.45) is 24.7. The predicted octanol–water partition coefficient (Wildman–Crippen LogP) is -0.0694. The SMILES string of the molecule is CCCCCCNC(=O)c1cc[n+](CCCCCCCC[n+]2ccc(C(=O)NCCCCCC)cc2)cc1.[Br-].[Br-]. The number of nitrogens with one attached hydrogen (secondary N) is 2. The fourth-order valence-corrected chi connectivity index (χ4v) is 4.52. The van der Waals surface area contributed by atoms with Crippen molar-refractivity contribution in [2.75, 3.05) is 13.1 Å². The number of aryl methyl sites for hydroxylation is 2. The summed E-state index contributed by atoms with van der Waals surface area (Å²) in [7, 11) is 0. The van der Waals surface area contributed by atoms with Gasteiger partial charge in [-0.1, -0.05) is 65.2 Å². The highest BCUT2D eigenvalue weighted by Gasteiger charge is 2.09.